The Balaban J connectivity index is 3.79. The maximum Gasteiger partial charge on any atom is 0.221 e. The van der Waals surface area contributed by atoms with Crippen LogP contribution in [0.5, 0.6) is 0 Å². The topological polar surface area (TPSA) is 55.1 Å². The van der Waals surface area contributed by atoms with Gasteiger partial charge in [-0.05, 0) is 20.3 Å². The van der Waals surface area contributed by atoms with Crippen molar-refractivity contribution in [2.45, 2.75) is 45.6 Å². The van der Waals surface area contributed by atoms with Gasteiger partial charge < -0.3 is 11.1 Å². The molecule has 0 atom stereocenters. The SMILES string of the molecule is CCCC(C)(C)NC(=O)CCN. The van der Waals surface area contributed by atoms with Crippen molar-refractivity contribution in [2.75, 3.05) is 6.54 Å². The lowest BCUT2D eigenvalue weighted by Crippen LogP contribution is -2.43. The third kappa shape index (κ3) is 5.13. The molecule has 0 unspecified atom stereocenters. The van der Waals surface area contributed by atoms with Crippen molar-refractivity contribution in [3.63, 3.8) is 0 Å². The van der Waals surface area contributed by atoms with E-state index in [9.17, 15) is 4.79 Å². The third-order valence-corrected chi connectivity index (χ3v) is 1.72. The van der Waals surface area contributed by atoms with Crippen LogP contribution in [-0.4, -0.2) is 18.0 Å². The molecule has 0 aliphatic rings. The van der Waals surface area contributed by atoms with Crippen molar-refractivity contribution in [3.05, 3.63) is 0 Å². The van der Waals surface area contributed by atoms with E-state index in [1.807, 2.05) is 13.8 Å². The van der Waals surface area contributed by atoms with Crippen LogP contribution in [0.4, 0.5) is 0 Å². The van der Waals surface area contributed by atoms with Crippen molar-refractivity contribution >= 4 is 5.91 Å². The third-order valence-electron chi connectivity index (χ3n) is 1.72. The van der Waals surface area contributed by atoms with Crippen molar-refractivity contribution in [1.82, 2.24) is 5.32 Å². The minimum atomic E-state index is -0.0823. The van der Waals surface area contributed by atoms with Gasteiger partial charge in [-0.3, -0.25) is 4.79 Å². The zero-order valence-corrected chi connectivity index (χ0v) is 8.31. The zero-order chi connectivity index (χ0) is 9.61. The smallest absolute Gasteiger partial charge is 0.221 e. The summed E-state index contributed by atoms with van der Waals surface area (Å²) >= 11 is 0. The molecule has 72 valence electrons. The summed E-state index contributed by atoms with van der Waals surface area (Å²) in [6.45, 7) is 6.60. The fraction of sp³-hybridized carbons (Fsp3) is 0.889. The second kappa shape index (κ2) is 5.14. The van der Waals surface area contributed by atoms with E-state index in [0.29, 0.717) is 13.0 Å². The Hall–Kier alpha value is -0.570. The van der Waals surface area contributed by atoms with Crippen LogP contribution in [0.15, 0.2) is 0 Å². The van der Waals surface area contributed by atoms with Crippen molar-refractivity contribution in [2.24, 2.45) is 5.73 Å². The molecule has 3 N–H and O–H groups in total. The molecule has 3 nitrogen and oxygen atoms in total. The van der Waals surface area contributed by atoms with Crippen LogP contribution in [-0.2, 0) is 4.79 Å². The van der Waals surface area contributed by atoms with Gasteiger partial charge in [0, 0.05) is 18.5 Å². The fourth-order valence-electron chi connectivity index (χ4n) is 1.26. The summed E-state index contributed by atoms with van der Waals surface area (Å²) in [5.41, 5.74) is 5.18. The summed E-state index contributed by atoms with van der Waals surface area (Å²) in [5.74, 6) is 0.0518. The number of amides is 1. The Morgan fingerprint density at radius 3 is 2.50 bits per heavy atom. The van der Waals surface area contributed by atoms with Gasteiger partial charge in [0.2, 0.25) is 5.91 Å². The molecule has 0 radical (unpaired) electrons. The Morgan fingerprint density at radius 1 is 1.50 bits per heavy atom. The number of nitrogens with one attached hydrogen (secondary N) is 1. The quantitative estimate of drug-likeness (QED) is 0.650. The number of carbonyl (C=O) groups excluding carboxylic acids is 1. The van der Waals surface area contributed by atoms with Gasteiger partial charge in [-0.15, -0.1) is 0 Å². The molecule has 1 amide bonds. The Bertz CT molecular complexity index is 143. The van der Waals surface area contributed by atoms with Gasteiger partial charge in [0.05, 0.1) is 0 Å². The maximum atomic E-state index is 11.1. The molecule has 0 aliphatic carbocycles. The summed E-state index contributed by atoms with van der Waals surface area (Å²) < 4.78 is 0. The number of nitrogens with two attached hydrogens (primary N) is 1. The normalized spacial score (nSPS) is 11.3. The van der Waals surface area contributed by atoms with Crippen molar-refractivity contribution < 1.29 is 4.79 Å². The summed E-state index contributed by atoms with van der Waals surface area (Å²) in [6, 6.07) is 0. The molecule has 0 rings (SSSR count). The van der Waals surface area contributed by atoms with Gasteiger partial charge in [0.1, 0.15) is 0 Å². The Kier molecular flexibility index (Phi) is 4.90. The van der Waals surface area contributed by atoms with Crippen molar-refractivity contribution in [1.29, 1.82) is 0 Å². The molecule has 0 saturated carbocycles. The highest BCUT2D eigenvalue weighted by molar-refractivity contribution is 5.76. The molecule has 0 saturated heterocycles. The van der Waals surface area contributed by atoms with E-state index < -0.39 is 0 Å². The molecule has 0 spiro atoms. The number of hydrogen-bond donors (Lipinski definition) is 2. The molecule has 0 aliphatic heterocycles. The highest BCUT2D eigenvalue weighted by atomic mass is 16.1. The van der Waals surface area contributed by atoms with Gasteiger partial charge in [0.15, 0.2) is 0 Å². The van der Waals surface area contributed by atoms with E-state index in [4.69, 9.17) is 5.73 Å². The van der Waals surface area contributed by atoms with E-state index in [1.54, 1.807) is 0 Å². The van der Waals surface area contributed by atoms with Crippen LogP contribution in [0.3, 0.4) is 0 Å². The molecular formula is C9H20N2O. The Labute approximate surface area is 74.7 Å². The lowest BCUT2D eigenvalue weighted by atomic mass is 9.99. The average Bonchev–Trinajstić information content (AvgIpc) is 1.85. The minimum absolute atomic E-state index is 0.0518. The molecule has 0 aromatic carbocycles. The molecule has 0 heterocycles. The van der Waals surface area contributed by atoms with Gasteiger partial charge in [-0.25, -0.2) is 0 Å². The number of hydrogen-bond acceptors (Lipinski definition) is 2. The minimum Gasteiger partial charge on any atom is -0.351 e. The second-order valence-corrected chi connectivity index (χ2v) is 3.72. The molecule has 3 heteroatoms. The van der Waals surface area contributed by atoms with Crippen LogP contribution < -0.4 is 11.1 Å². The van der Waals surface area contributed by atoms with E-state index in [1.165, 1.54) is 0 Å². The van der Waals surface area contributed by atoms with Crippen LogP contribution >= 0.6 is 0 Å². The fourth-order valence-corrected chi connectivity index (χ4v) is 1.26. The summed E-state index contributed by atoms with van der Waals surface area (Å²) in [5, 5.41) is 2.94. The predicted molar refractivity (Wildman–Crippen MR) is 50.8 cm³/mol. The summed E-state index contributed by atoms with van der Waals surface area (Å²) in [6.07, 6.45) is 2.51. The molecule has 12 heavy (non-hydrogen) atoms. The first kappa shape index (κ1) is 11.4. The van der Waals surface area contributed by atoms with Crippen LogP contribution in [0, 0.1) is 0 Å². The van der Waals surface area contributed by atoms with Gasteiger partial charge in [0.25, 0.3) is 0 Å². The lowest BCUT2D eigenvalue weighted by Gasteiger charge is -2.25. The molecular weight excluding hydrogens is 152 g/mol. The number of carbonyl (C=O) groups is 1. The van der Waals surface area contributed by atoms with Crippen LogP contribution in [0.25, 0.3) is 0 Å². The first-order valence-electron chi connectivity index (χ1n) is 4.53. The molecule has 0 bridgehead atoms. The summed E-state index contributed by atoms with van der Waals surface area (Å²) in [4.78, 5) is 11.1. The molecule has 0 aromatic rings. The molecule has 0 fully saturated rings. The maximum absolute atomic E-state index is 11.1. The van der Waals surface area contributed by atoms with E-state index in [0.717, 1.165) is 12.8 Å². The highest BCUT2D eigenvalue weighted by Gasteiger charge is 2.17. The zero-order valence-electron chi connectivity index (χ0n) is 8.31. The van der Waals surface area contributed by atoms with Gasteiger partial charge in [-0.2, -0.15) is 0 Å². The van der Waals surface area contributed by atoms with Crippen molar-refractivity contribution in [3.8, 4) is 0 Å². The first-order valence-corrected chi connectivity index (χ1v) is 4.53. The standard InChI is InChI=1S/C9H20N2O/c1-4-6-9(2,3)11-8(12)5-7-10/h4-7,10H2,1-3H3,(H,11,12). The predicted octanol–water partition coefficient (Wildman–Crippen LogP) is 1.03. The van der Waals surface area contributed by atoms with Crippen LogP contribution in [0.2, 0.25) is 0 Å². The van der Waals surface area contributed by atoms with Crippen LogP contribution in [0.1, 0.15) is 40.0 Å². The largest absolute Gasteiger partial charge is 0.351 e. The average molecular weight is 172 g/mol. The van der Waals surface area contributed by atoms with E-state index in [-0.39, 0.29) is 11.4 Å². The second-order valence-electron chi connectivity index (χ2n) is 3.72. The lowest BCUT2D eigenvalue weighted by molar-refractivity contribution is -0.122. The van der Waals surface area contributed by atoms with Gasteiger partial charge >= 0.3 is 0 Å². The number of rotatable bonds is 5. The van der Waals surface area contributed by atoms with E-state index in [2.05, 4.69) is 12.2 Å². The highest BCUT2D eigenvalue weighted by Crippen LogP contribution is 2.10. The Morgan fingerprint density at radius 2 is 2.08 bits per heavy atom. The summed E-state index contributed by atoms with van der Waals surface area (Å²) in [7, 11) is 0. The van der Waals surface area contributed by atoms with E-state index >= 15 is 0 Å². The monoisotopic (exact) mass is 172 g/mol. The molecule has 0 aromatic heterocycles. The van der Waals surface area contributed by atoms with Gasteiger partial charge in [-0.1, -0.05) is 13.3 Å². The first-order chi connectivity index (χ1) is 5.52.